The summed E-state index contributed by atoms with van der Waals surface area (Å²) in [6, 6.07) is 5.71. The summed E-state index contributed by atoms with van der Waals surface area (Å²) in [5.41, 5.74) is 1.31. The zero-order valence-corrected chi connectivity index (χ0v) is 12.6. The van der Waals surface area contributed by atoms with Gasteiger partial charge in [0.1, 0.15) is 0 Å². The van der Waals surface area contributed by atoms with Gasteiger partial charge in [-0.15, -0.1) is 12.4 Å². The molecule has 110 valence electrons. The molecule has 0 aliphatic carbocycles. The molecular formula is C15H22ClN3O. The van der Waals surface area contributed by atoms with Crippen molar-refractivity contribution in [3.05, 3.63) is 23.9 Å². The summed E-state index contributed by atoms with van der Waals surface area (Å²) < 4.78 is 5.12. The van der Waals surface area contributed by atoms with E-state index in [-0.39, 0.29) is 12.4 Å². The predicted octanol–water partition coefficient (Wildman–Crippen LogP) is 1.69. The highest BCUT2D eigenvalue weighted by atomic mass is 35.5. The molecule has 1 N–H and O–H groups in total. The number of ether oxygens (including phenoxy) is 1. The summed E-state index contributed by atoms with van der Waals surface area (Å²) in [5.74, 6) is 2.49. The lowest BCUT2D eigenvalue weighted by Crippen LogP contribution is -2.33. The van der Waals surface area contributed by atoms with Gasteiger partial charge in [0.15, 0.2) is 0 Å². The molecule has 5 heteroatoms. The number of pyridine rings is 1. The van der Waals surface area contributed by atoms with Crippen LogP contribution in [0.25, 0.3) is 0 Å². The molecule has 20 heavy (non-hydrogen) atoms. The van der Waals surface area contributed by atoms with E-state index in [4.69, 9.17) is 4.74 Å². The van der Waals surface area contributed by atoms with E-state index in [2.05, 4.69) is 21.3 Å². The van der Waals surface area contributed by atoms with Gasteiger partial charge in [-0.25, -0.2) is 4.98 Å². The van der Waals surface area contributed by atoms with Gasteiger partial charge in [-0.2, -0.15) is 0 Å². The van der Waals surface area contributed by atoms with E-state index in [0.29, 0.717) is 5.88 Å². The second-order valence-electron chi connectivity index (χ2n) is 6.08. The number of rotatable bonds is 3. The second-order valence-corrected chi connectivity index (χ2v) is 6.08. The fourth-order valence-corrected chi connectivity index (χ4v) is 4.47. The average Bonchev–Trinajstić information content (AvgIpc) is 3.12. The van der Waals surface area contributed by atoms with Crippen molar-refractivity contribution in [2.75, 3.05) is 20.2 Å². The summed E-state index contributed by atoms with van der Waals surface area (Å²) >= 11 is 0. The van der Waals surface area contributed by atoms with Crippen LogP contribution < -0.4 is 10.1 Å². The molecule has 3 aliphatic heterocycles. The molecule has 0 unspecified atom stereocenters. The third-order valence-corrected chi connectivity index (χ3v) is 5.28. The minimum atomic E-state index is 0. The minimum absolute atomic E-state index is 0. The first-order valence-electron chi connectivity index (χ1n) is 7.32. The molecular weight excluding hydrogens is 274 g/mol. The highest BCUT2D eigenvalue weighted by Crippen LogP contribution is 2.47. The molecule has 2 bridgehead atoms. The minimum Gasteiger partial charge on any atom is -0.481 e. The molecule has 4 atom stereocenters. The van der Waals surface area contributed by atoms with Gasteiger partial charge in [0.05, 0.1) is 7.11 Å². The maximum absolute atomic E-state index is 5.12. The Morgan fingerprint density at radius 1 is 1.25 bits per heavy atom. The van der Waals surface area contributed by atoms with Crippen LogP contribution in [0.15, 0.2) is 18.3 Å². The molecule has 4 heterocycles. The Labute approximate surface area is 126 Å². The first-order valence-corrected chi connectivity index (χ1v) is 7.32. The summed E-state index contributed by atoms with van der Waals surface area (Å²) in [7, 11) is 1.66. The number of nitrogens with zero attached hydrogens (tertiary/aromatic N) is 2. The van der Waals surface area contributed by atoms with Crippen LogP contribution in [0.3, 0.4) is 0 Å². The van der Waals surface area contributed by atoms with E-state index >= 15 is 0 Å². The number of aromatic nitrogens is 1. The van der Waals surface area contributed by atoms with Crippen molar-refractivity contribution in [2.45, 2.75) is 31.5 Å². The van der Waals surface area contributed by atoms with Crippen LogP contribution in [-0.2, 0) is 6.54 Å². The molecule has 4 rings (SSSR count). The van der Waals surface area contributed by atoms with Gasteiger partial charge in [-0.1, -0.05) is 6.07 Å². The van der Waals surface area contributed by atoms with Crippen molar-refractivity contribution in [3.63, 3.8) is 0 Å². The van der Waals surface area contributed by atoms with Crippen molar-refractivity contribution in [1.82, 2.24) is 15.2 Å². The van der Waals surface area contributed by atoms with E-state index in [1.54, 1.807) is 7.11 Å². The highest BCUT2D eigenvalue weighted by Gasteiger charge is 2.54. The Morgan fingerprint density at radius 2 is 1.95 bits per heavy atom. The molecule has 4 nitrogen and oxygen atoms in total. The zero-order valence-electron chi connectivity index (χ0n) is 11.8. The Morgan fingerprint density at radius 3 is 2.50 bits per heavy atom. The molecule has 0 amide bonds. The average molecular weight is 296 g/mol. The fraction of sp³-hybridized carbons (Fsp3) is 0.667. The lowest BCUT2D eigenvalue weighted by atomic mass is 9.82. The van der Waals surface area contributed by atoms with Crippen LogP contribution in [0.4, 0.5) is 0 Å². The normalized spacial score (nSPS) is 34.9. The standard InChI is InChI=1S/C15H21N3O.ClH/c1-19-15-5-2-10(6-17-15)9-18-13-3-4-14(18)12-8-16-7-11(12)13;/h2,5-6,11-14,16H,3-4,7-9H2,1H3;1H/t11-,12+,13-,14+;. The maximum Gasteiger partial charge on any atom is 0.212 e. The number of nitrogens with one attached hydrogen (secondary N) is 1. The first-order chi connectivity index (χ1) is 9.36. The summed E-state index contributed by atoms with van der Waals surface area (Å²) in [4.78, 5) is 7.06. The molecule has 3 fully saturated rings. The van der Waals surface area contributed by atoms with Gasteiger partial charge in [-0.05, 0) is 43.3 Å². The number of halogens is 1. The number of fused-ring (bicyclic) bond motifs is 5. The van der Waals surface area contributed by atoms with Gasteiger partial charge in [0.25, 0.3) is 0 Å². The Hall–Kier alpha value is -0.840. The van der Waals surface area contributed by atoms with Crippen LogP contribution in [-0.4, -0.2) is 42.2 Å². The first kappa shape index (κ1) is 14.1. The fourth-order valence-electron chi connectivity index (χ4n) is 4.47. The molecule has 0 radical (unpaired) electrons. The zero-order chi connectivity index (χ0) is 12.8. The monoisotopic (exact) mass is 295 g/mol. The quantitative estimate of drug-likeness (QED) is 0.921. The van der Waals surface area contributed by atoms with Gasteiger partial charge in [-0.3, -0.25) is 4.90 Å². The van der Waals surface area contributed by atoms with E-state index in [0.717, 1.165) is 30.5 Å². The van der Waals surface area contributed by atoms with Crippen molar-refractivity contribution in [3.8, 4) is 5.88 Å². The number of hydrogen-bond donors (Lipinski definition) is 1. The van der Waals surface area contributed by atoms with Crippen molar-refractivity contribution in [1.29, 1.82) is 0 Å². The van der Waals surface area contributed by atoms with Gasteiger partial charge < -0.3 is 10.1 Å². The van der Waals surface area contributed by atoms with Gasteiger partial charge >= 0.3 is 0 Å². The summed E-state index contributed by atoms with van der Waals surface area (Å²) in [6.45, 7) is 3.51. The van der Waals surface area contributed by atoms with Gasteiger partial charge in [0.2, 0.25) is 5.88 Å². The van der Waals surface area contributed by atoms with Crippen LogP contribution in [0.5, 0.6) is 5.88 Å². The smallest absolute Gasteiger partial charge is 0.212 e. The van der Waals surface area contributed by atoms with E-state index < -0.39 is 0 Å². The highest BCUT2D eigenvalue weighted by molar-refractivity contribution is 5.85. The lowest BCUT2D eigenvalue weighted by Gasteiger charge is -2.24. The molecule has 1 aromatic rings. The van der Waals surface area contributed by atoms with Crippen molar-refractivity contribution < 1.29 is 4.74 Å². The Balaban J connectivity index is 0.00000121. The molecule has 1 aromatic heterocycles. The molecule has 3 aliphatic rings. The SMILES string of the molecule is COc1ccc(CN2[C@@H]3CC[C@H]2[C@H]2CNC[C@H]23)cn1.Cl. The number of methoxy groups -OCH3 is 1. The number of hydrogen-bond acceptors (Lipinski definition) is 4. The van der Waals surface area contributed by atoms with E-state index in [1.807, 2.05) is 12.3 Å². The van der Waals surface area contributed by atoms with Crippen LogP contribution >= 0.6 is 12.4 Å². The summed E-state index contributed by atoms with van der Waals surface area (Å²) in [5, 5.41) is 3.57. The largest absolute Gasteiger partial charge is 0.481 e. The van der Waals surface area contributed by atoms with Crippen molar-refractivity contribution in [2.24, 2.45) is 11.8 Å². The van der Waals surface area contributed by atoms with Crippen LogP contribution in [0.2, 0.25) is 0 Å². The van der Waals surface area contributed by atoms with E-state index in [1.165, 1.54) is 31.5 Å². The Kier molecular flexibility index (Phi) is 3.89. The third-order valence-electron chi connectivity index (χ3n) is 5.28. The van der Waals surface area contributed by atoms with E-state index in [9.17, 15) is 0 Å². The summed E-state index contributed by atoms with van der Waals surface area (Å²) in [6.07, 6.45) is 4.73. The predicted molar refractivity (Wildman–Crippen MR) is 80.2 cm³/mol. The van der Waals surface area contributed by atoms with Crippen LogP contribution in [0, 0.1) is 11.8 Å². The van der Waals surface area contributed by atoms with Crippen molar-refractivity contribution >= 4 is 12.4 Å². The second kappa shape index (κ2) is 5.51. The Bertz CT molecular complexity index is 449. The molecule has 0 spiro atoms. The van der Waals surface area contributed by atoms with Crippen LogP contribution in [0.1, 0.15) is 18.4 Å². The lowest BCUT2D eigenvalue weighted by molar-refractivity contribution is 0.218. The van der Waals surface area contributed by atoms with Gasteiger partial charge in [0, 0.05) is 30.9 Å². The third kappa shape index (κ3) is 2.10. The topological polar surface area (TPSA) is 37.4 Å². The molecule has 0 aromatic carbocycles. The molecule has 0 saturated carbocycles. The maximum atomic E-state index is 5.12. The molecule has 3 saturated heterocycles.